The predicted molar refractivity (Wildman–Crippen MR) is 99.3 cm³/mol. The predicted octanol–water partition coefficient (Wildman–Crippen LogP) is 3.80. The van der Waals surface area contributed by atoms with Gasteiger partial charge in [0.05, 0.1) is 13.0 Å². The minimum atomic E-state index is -0.268. The van der Waals surface area contributed by atoms with Crippen LogP contribution in [0.15, 0.2) is 36.5 Å². The molecular weight excluding hydrogens is 355 g/mol. The molecule has 0 fully saturated rings. The van der Waals surface area contributed by atoms with E-state index in [2.05, 4.69) is 10.3 Å². The summed E-state index contributed by atoms with van der Waals surface area (Å²) in [4.78, 5) is 15.4. The van der Waals surface area contributed by atoms with E-state index in [-0.39, 0.29) is 18.1 Å². The fourth-order valence-corrected chi connectivity index (χ4v) is 3.68. The average molecular weight is 373 g/mol. The summed E-state index contributed by atoms with van der Waals surface area (Å²) < 4.78 is 18.9. The highest BCUT2D eigenvalue weighted by molar-refractivity contribution is 6.30. The number of benzene rings is 2. The summed E-state index contributed by atoms with van der Waals surface area (Å²) in [6, 6.07) is 8.35. The third kappa shape index (κ3) is 3.40. The number of hydrogen-bond acceptors (Lipinski definition) is 2. The number of aromatic amines is 1. The minimum Gasteiger partial charge on any atom is -0.493 e. The third-order valence-electron chi connectivity index (χ3n) is 4.62. The molecule has 134 valence electrons. The van der Waals surface area contributed by atoms with Crippen molar-refractivity contribution in [3.8, 4) is 5.75 Å². The molecular formula is C20H18ClFN2O2. The highest BCUT2D eigenvalue weighted by Gasteiger charge is 2.19. The maximum absolute atomic E-state index is 13.2. The summed E-state index contributed by atoms with van der Waals surface area (Å²) in [5.41, 5.74) is 3.70. The fourth-order valence-electron chi connectivity index (χ4n) is 3.41. The molecule has 0 unspecified atom stereocenters. The number of H-pyrrole nitrogens is 1. The quantitative estimate of drug-likeness (QED) is 0.715. The van der Waals surface area contributed by atoms with Gasteiger partial charge in [0.1, 0.15) is 11.6 Å². The van der Waals surface area contributed by atoms with Crippen molar-refractivity contribution < 1.29 is 13.9 Å². The summed E-state index contributed by atoms with van der Waals surface area (Å²) in [6.45, 7) is 1.14. The van der Waals surface area contributed by atoms with Gasteiger partial charge in [0.25, 0.3) is 0 Å². The van der Waals surface area contributed by atoms with Crippen LogP contribution in [0.5, 0.6) is 5.75 Å². The van der Waals surface area contributed by atoms with Gasteiger partial charge < -0.3 is 15.0 Å². The zero-order valence-corrected chi connectivity index (χ0v) is 14.8. The van der Waals surface area contributed by atoms with E-state index in [9.17, 15) is 9.18 Å². The standard InChI is InChI=1S/C20H18ClFN2O2/c21-15-7-12-4-6-26-20(12)14(8-15)9-19(25)23-5-3-13-11-24-18-10-16(22)1-2-17(13)18/h1-2,7-8,10-11,24H,3-6,9H2,(H,23,25). The zero-order valence-electron chi connectivity index (χ0n) is 14.1. The molecule has 2 heterocycles. The van der Waals surface area contributed by atoms with E-state index in [4.69, 9.17) is 16.3 Å². The molecule has 0 saturated carbocycles. The summed E-state index contributed by atoms with van der Waals surface area (Å²) >= 11 is 6.13. The molecule has 4 nitrogen and oxygen atoms in total. The van der Waals surface area contributed by atoms with E-state index in [0.717, 1.165) is 39.8 Å². The highest BCUT2D eigenvalue weighted by atomic mass is 35.5. The number of halogens is 2. The van der Waals surface area contributed by atoms with Crippen molar-refractivity contribution in [2.75, 3.05) is 13.2 Å². The van der Waals surface area contributed by atoms with E-state index >= 15 is 0 Å². The van der Waals surface area contributed by atoms with Gasteiger partial charge in [-0.1, -0.05) is 11.6 Å². The number of nitrogens with one attached hydrogen (secondary N) is 2. The van der Waals surface area contributed by atoms with Crippen molar-refractivity contribution in [3.63, 3.8) is 0 Å². The first-order valence-electron chi connectivity index (χ1n) is 8.56. The first kappa shape index (κ1) is 16.9. The number of hydrogen-bond donors (Lipinski definition) is 2. The van der Waals surface area contributed by atoms with Crippen molar-refractivity contribution in [2.24, 2.45) is 0 Å². The van der Waals surface area contributed by atoms with Gasteiger partial charge in [0.15, 0.2) is 0 Å². The van der Waals surface area contributed by atoms with Gasteiger partial charge >= 0.3 is 0 Å². The lowest BCUT2D eigenvalue weighted by atomic mass is 10.1. The fraction of sp³-hybridized carbons (Fsp3) is 0.250. The lowest BCUT2D eigenvalue weighted by Gasteiger charge is -2.09. The molecule has 2 aromatic carbocycles. The number of rotatable bonds is 5. The Balaban J connectivity index is 1.37. The Labute approximate surface area is 155 Å². The van der Waals surface area contributed by atoms with Crippen LogP contribution < -0.4 is 10.1 Å². The molecule has 1 aliphatic rings. The Morgan fingerprint density at radius 3 is 3.04 bits per heavy atom. The van der Waals surface area contributed by atoms with Crippen LogP contribution in [0.25, 0.3) is 10.9 Å². The molecule has 2 N–H and O–H groups in total. The average Bonchev–Trinajstić information content (AvgIpc) is 3.21. The Hall–Kier alpha value is -2.53. The van der Waals surface area contributed by atoms with Crippen LogP contribution >= 0.6 is 11.6 Å². The first-order chi connectivity index (χ1) is 12.6. The number of carbonyl (C=O) groups is 1. The van der Waals surface area contributed by atoms with Crippen LogP contribution in [0.3, 0.4) is 0 Å². The van der Waals surface area contributed by atoms with Crippen LogP contribution in [0, 0.1) is 5.82 Å². The number of ether oxygens (including phenoxy) is 1. The molecule has 3 aromatic rings. The number of aromatic nitrogens is 1. The Morgan fingerprint density at radius 1 is 1.27 bits per heavy atom. The highest BCUT2D eigenvalue weighted by Crippen LogP contribution is 2.33. The van der Waals surface area contributed by atoms with E-state index < -0.39 is 0 Å². The van der Waals surface area contributed by atoms with Crippen LogP contribution in [-0.4, -0.2) is 24.0 Å². The van der Waals surface area contributed by atoms with Crippen LogP contribution in [0.1, 0.15) is 16.7 Å². The van der Waals surface area contributed by atoms with Crippen LogP contribution in [-0.2, 0) is 24.1 Å². The lowest BCUT2D eigenvalue weighted by Crippen LogP contribution is -2.27. The summed E-state index contributed by atoms with van der Waals surface area (Å²) in [5, 5.41) is 4.53. The van der Waals surface area contributed by atoms with E-state index in [1.54, 1.807) is 12.1 Å². The van der Waals surface area contributed by atoms with Gasteiger partial charge in [0, 0.05) is 40.7 Å². The molecule has 0 atom stereocenters. The van der Waals surface area contributed by atoms with Gasteiger partial charge in [-0.15, -0.1) is 0 Å². The first-order valence-corrected chi connectivity index (χ1v) is 8.94. The van der Waals surface area contributed by atoms with E-state index in [1.807, 2.05) is 12.3 Å². The number of amides is 1. The molecule has 0 saturated heterocycles. The SMILES string of the molecule is O=C(Cc1cc(Cl)cc2c1OCC2)NCCc1c[nH]c2cc(F)ccc12. The van der Waals surface area contributed by atoms with Crippen molar-refractivity contribution in [1.29, 1.82) is 0 Å². The van der Waals surface area contributed by atoms with E-state index in [0.29, 0.717) is 24.6 Å². The van der Waals surface area contributed by atoms with Crippen molar-refractivity contribution >= 4 is 28.4 Å². The Kier molecular flexibility index (Phi) is 4.55. The molecule has 0 spiro atoms. The van der Waals surface area contributed by atoms with Gasteiger partial charge in [-0.25, -0.2) is 4.39 Å². The second-order valence-corrected chi connectivity index (χ2v) is 6.87. The number of fused-ring (bicyclic) bond motifs is 2. The molecule has 0 aliphatic carbocycles. The third-order valence-corrected chi connectivity index (χ3v) is 4.84. The van der Waals surface area contributed by atoms with Crippen molar-refractivity contribution in [3.05, 3.63) is 64.1 Å². The molecule has 0 radical (unpaired) electrons. The summed E-state index contributed by atoms with van der Waals surface area (Å²) in [6.07, 6.45) is 3.59. The van der Waals surface area contributed by atoms with Crippen molar-refractivity contribution in [2.45, 2.75) is 19.3 Å². The van der Waals surface area contributed by atoms with Gasteiger partial charge in [0.2, 0.25) is 5.91 Å². The Morgan fingerprint density at radius 2 is 2.15 bits per heavy atom. The lowest BCUT2D eigenvalue weighted by molar-refractivity contribution is -0.120. The van der Waals surface area contributed by atoms with Crippen molar-refractivity contribution in [1.82, 2.24) is 10.3 Å². The normalized spacial score (nSPS) is 12.8. The molecule has 6 heteroatoms. The molecule has 1 aromatic heterocycles. The maximum atomic E-state index is 13.2. The molecule has 0 bridgehead atoms. The monoisotopic (exact) mass is 372 g/mol. The van der Waals surface area contributed by atoms with Crippen LogP contribution in [0.4, 0.5) is 4.39 Å². The second-order valence-electron chi connectivity index (χ2n) is 6.43. The molecule has 4 rings (SSSR count). The maximum Gasteiger partial charge on any atom is 0.224 e. The topological polar surface area (TPSA) is 54.1 Å². The molecule has 1 amide bonds. The minimum absolute atomic E-state index is 0.0733. The summed E-state index contributed by atoms with van der Waals surface area (Å²) in [5.74, 6) is 0.453. The Bertz CT molecular complexity index is 983. The van der Waals surface area contributed by atoms with E-state index in [1.165, 1.54) is 12.1 Å². The molecule has 26 heavy (non-hydrogen) atoms. The smallest absolute Gasteiger partial charge is 0.224 e. The van der Waals surface area contributed by atoms with Gasteiger partial charge in [-0.05, 0) is 47.9 Å². The van der Waals surface area contributed by atoms with Gasteiger partial charge in [-0.3, -0.25) is 4.79 Å². The summed E-state index contributed by atoms with van der Waals surface area (Å²) in [7, 11) is 0. The van der Waals surface area contributed by atoms with Gasteiger partial charge in [-0.2, -0.15) is 0 Å². The second kappa shape index (κ2) is 7.00. The largest absolute Gasteiger partial charge is 0.493 e. The number of carbonyl (C=O) groups excluding carboxylic acids is 1. The van der Waals surface area contributed by atoms with Crippen LogP contribution in [0.2, 0.25) is 5.02 Å². The zero-order chi connectivity index (χ0) is 18.1. The molecule has 1 aliphatic heterocycles.